The Morgan fingerprint density at radius 2 is 2.25 bits per heavy atom. The molecule has 1 aromatic rings. The second-order valence-corrected chi connectivity index (χ2v) is 4.96. The number of aromatic nitrogens is 2. The molecule has 3 rings (SSSR count). The van der Waals surface area contributed by atoms with E-state index in [1.54, 1.807) is 0 Å². The third-order valence-electron chi connectivity index (χ3n) is 3.32. The number of rotatable bonds is 3. The molecular formula is C11H18N4O. The molecule has 0 spiro atoms. The van der Waals surface area contributed by atoms with Crippen LogP contribution in [0.1, 0.15) is 43.3 Å². The molecule has 5 nitrogen and oxygen atoms in total. The Kier molecular flexibility index (Phi) is 2.65. The molecule has 1 atom stereocenters. The number of piperidine rings is 1. The van der Waals surface area contributed by atoms with Crippen LogP contribution < -0.4 is 5.73 Å². The van der Waals surface area contributed by atoms with E-state index in [0.717, 1.165) is 37.8 Å². The zero-order chi connectivity index (χ0) is 11.0. The topological polar surface area (TPSA) is 68.2 Å². The fraction of sp³-hybridized carbons (Fsp3) is 0.818. The maximum atomic E-state index is 5.94. The summed E-state index contributed by atoms with van der Waals surface area (Å²) in [6.45, 7) is 2.83. The number of nitrogens with zero attached hydrogens (tertiary/aromatic N) is 3. The molecular weight excluding hydrogens is 204 g/mol. The summed E-state index contributed by atoms with van der Waals surface area (Å²) in [5.74, 6) is 2.19. The lowest BCUT2D eigenvalue weighted by Gasteiger charge is -2.29. The minimum absolute atomic E-state index is 0.309. The second kappa shape index (κ2) is 4.14. The predicted molar refractivity (Wildman–Crippen MR) is 58.8 cm³/mol. The average Bonchev–Trinajstić information content (AvgIpc) is 3.01. The highest BCUT2D eigenvalue weighted by molar-refractivity contribution is 5.01. The monoisotopic (exact) mass is 222 g/mol. The third kappa shape index (κ3) is 2.25. The maximum absolute atomic E-state index is 5.94. The summed E-state index contributed by atoms with van der Waals surface area (Å²) in [5.41, 5.74) is 5.94. The number of hydrogen-bond acceptors (Lipinski definition) is 5. The highest BCUT2D eigenvalue weighted by Crippen LogP contribution is 2.38. The average molecular weight is 222 g/mol. The van der Waals surface area contributed by atoms with Gasteiger partial charge in [-0.3, -0.25) is 4.90 Å². The van der Waals surface area contributed by atoms with Crippen molar-refractivity contribution in [3.05, 3.63) is 11.7 Å². The van der Waals surface area contributed by atoms with Crippen LogP contribution in [0.15, 0.2) is 4.52 Å². The first-order chi connectivity index (χ1) is 7.81. The van der Waals surface area contributed by atoms with E-state index in [9.17, 15) is 0 Å². The molecule has 1 aromatic heterocycles. The van der Waals surface area contributed by atoms with Crippen LogP contribution >= 0.6 is 0 Å². The van der Waals surface area contributed by atoms with Crippen molar-refractivity contribution < 1.29 is 4.52 Å². The van der Waals surface area contributed by atoms with Gasteiger partial charge in [0.25, 0.3) is 0 Å². The fourth-order valence-electron chi connectivity index (χ4n) is 2.26. The molecule has 88 valence electrons. The smallest absolute Gasteiger partial charge is 0.229 e. The van der Waals surface area contributed by atoms with Crippen LogP contribution in [0.25, 0.3) is 0 Å². The normalized spacial score (nSPS) is 27.2. The van der Waals surface area contributed by atoms with Crippen LogP contribution in [0.3, 0.4) is 0 Å². The Morgan fingerprint density at radius 1 is 1.38 bits per heavy atom. The van der Waals surface area contributed by atoms with Crippen molar-refractivity contribution in [3.8, 4) is 0 Å². The molecule has 1 saturated heterocycles. The van der Waals surface area contributed by atoms with Crippen molar-refractivity contribution in [2.24, 2.45) is 5.73 Å². The van der Waals surface area contributed by atoms with E-state index in [1.165, 1.54) is 19.3 Å². The van der Waals surface area contributed by atoms with Crippen molar-refractivity contribution in [2.75, 3.05) is 13.1 Å². The quantitative estimate of drug-likeness (QED) is 0.822. The molecule has 2 heterocycles. The van der Waals surface area contributed by atoms with Crippen molar-refractivity contribution >= 4 is 0 Å². The highest BCUT2D eigenvalue weighted by atomic mass is 16.5. The molecule has 5 heteroatoms. The molecule has 1 aliphatic carbocycles. The highest BCUT2D eigenvalue weighted by Gasteiger charge is 2.30. The van der Waals surface area contributed by atoms with E-state index < -0.39 is 0 Å². The first kappa shape index (κ1) is 10.2. The van der Waals surface area contributed by atoms with Gasteiger partial charge in [-0.25, -0.2) is 0 Å². The van der Waals surface area contributed by atoms with E-state index in [4.69, 9.17) is 10.3 Å². The van der Waals surface area contributed by atoms with Gasteiger partial charge in [0, 0.05) is 18.5 Å². The summed E-state index contributed by atoms with van der Waals surface area (Å²) in [6.07, 6.45) is 4.72. The van der Waals surface area contributed by atoms with Crippen molar-refractivity contribution in [2.45, 2.75) is 44.2 Å². The van der Waals surface area contributed by atoms with Gasteiger partial charge in [-0.2, -0.15) is 4.98 Å². The Morgan fingerprint density at radius 3 is 3.00 bits per heavy atom. The Hall–Kier alpha value is -0.940. The number of likely N-dealkylation sites (tertiary alicyclic amines) is 1. The standard InChI is InChI=1S/C11H18N4O/c12-9-2-1-5-15(6-9)7-10-13-11(16-14-10)8-3-4-8/h8-9H,1-7,12H2/t9-/m1/s1. The Labute approximate surface area is 95.0 Å². The van der Waals surface area contributed by atoms with Crippen LogP contribution in [0, 0.1) is 0 Å². The van der Waals surface area contributed by atoms with Crippen LogP contribution in [0.2, 0.25) is 0 Å². The zero-order valence-electron chi connectivity index (χ0n) is 9.43. The Bertz CT molecular complexity index is 361. The van der Waals surface area contributed by atoms with Gasteiger partial charge in [0.15, 0.2) is 5.82 Å². The molecule has 2 fully saturated rings. The van der Waals surface area contributed by atoms with E-state index in [-0.39, 0.29) is 0 Å². The minimum atomic E-state index is 0.309. The SMILES string of the molecule is N[C@@H]1CCCN(Cc2noc(C3CC3)n2)C1. The maximum Gasteiger partial charge on any atom is 0.229 e. The van der Waals surface area contributed by atoms with Gasteiger partial charge >= 0.3 is 0 Å². The van der Waals surface area contributed by atoms with Gasteiger partial charge in [-0.15, -0.1) is 0 Å². The summed E-state index contributed by atoms with van der Waals surface area (Å²) in [6, 6.07) is 0.309. The first-order valence-electron chi connectivity index (χ1n) is 6.11. The lowest BCUT2D eigenvalue weighted by Crippen LogP contribution is -2.42. The van der Waals surface area contributed by atoms with Crippen LogP contribution in [0.5, 0.6) is 0 Å². The molecule has 0 bridgehead atoms. The van der Waals surface area contributed by atoms with Crippen LogP contribution in [-0.4, -0.2) is 34.2 Å². The van der Waals surface area contributed by atoms with Gasteiger partial charge < -0.3 is 10.3 Å². The molecule has 0 amide bonds. The molecule has 1 saturated carbocycles. The van der Waals surface area contributed by atoms with Crippen molar-refractivity contribution in [1.29, 1.82) is 0 Å². The Balaban J connectivity index is 1.59. The summed E-state index contributed by atoms with van der Waals surface area (Å²) >= 11 is 0. The van der Waals surface area contributed by atoms with Gasteiger partial charge in [0.1, 0.15) is 0 Å². The summed E-state index contributed by atoms with van der Waals surface area (Å²) in [7, 11) is 0. The lowest BCUT2D eigenvalue weighted by atomic mass is 10.1. The summed E-state index contributed by atoms with van der Waals surface area (Å²) in [4.78, 5) is 6.75. The first-order valence-corrected chi connectivity index (χ1v) is 6.11. The molecule has 2 aliphatic rings. The zero-order valence-corrected chi connectivity index (χ0v) is 9.43. The van der Waals surface area contributed by atoms with E-state index in [2.05, 4.69) is 15.0 Å². The third-order valence-corrected chi connectivity index (χ3v) is 3.32. The van der Waals surface area contributed by atoms with Crippen LogP contribution in [-0.2, 0) is 6.54 Å². The summed E-state index contributed by atoms with van der Waals surface area (Å²) < 4.78 is 5.24. The molecule has 0 radical (unpaired) electrons. The number of hydrogen-bond donors (Lipinski definition) is 1. The molecule has 0 aromatic carbocycles. The molecule has 16 heavy (non-hydrogen) atoms. The predicted octanol–water partition coefficient (Wildman–Crippen LogP) is 0.870. The number of nitrogens with two attached hydrogens (primary N) is 1. The van der Waals surface area contributed by atoms with E-state index >= 15 is 0 Å². The second-order valence-electron chi connectivity index (χ2n) is 4.96. The molecule has 1 aliphatic heterocycles. The van der Waals surface area contributed by atoms with Gasteiger partial charge in [0.05, 0.1) is 6.54 Å². The molecule has 0 unspecified atom stereocenters. The van der Waals surface area contributed by atoms with Crippen molar-refractivity contribution in [1.82, 2.24) is 15.0 Å². The molecule has 2 N–H and O–H groups in total. The van der Waals surface area contributed by atoms with Gasteiger partial charge in [-0.1, -0.05) is 5.16 Å². The van der Waals surface area contributed by atoms with Gasteiger partial charge in [-0.05, 0) is 32.2 Å². The van der Waals surface area contributed by atoms with Crippen LogP contribution in [0.4, 0.5) is 0 Å². The van der Waals surface area contributed by atoms with Crippen molar-refractivity contribution in [3.63, 3.8) is 0 Å². The largest absolute Gasteiger partial charge is 0.339 e. The van der Waals surface area contributed by atoms with E-state index in [1.807, 2.05) is 0 Å². The fourth-order valence-corrected chi connectivity index (χ4v) is 2.26. The summed E-state index contributed by atoms with van der Waals surface area (Å²) in [5, 5.41) is 4.03. The minimum Gasteiger partial charge on any atom is -0.339 e. The van der Waals surface area contributed by atoms with Gasteiger partial charge in [0.2, 0.25) is 5.89 Å². The van der Waals surface area contributed by atoms with E-state index in [0.29, 0.717) is 12.0 Å². The lowest BCUT2D eigenvalue weighted by molar-refractivity contribution is 0.195.